The van der Waals surface area contributed by atoms with Crippen LogP contribution in [0.1, 0.15) is 401 Å². The fourth-order valence-corrected chi connectivity index (χ4v) is 13.3. The largest absolute Gasteiger partial charge is 0.472 e. The normalized spacial score (nSPS) is 13.9. The van der Waals surface area contributed by atoms with Crippen LogP contribution in [-0.4, -0.2) is 96.7 Å². The highest BCUT2D eigenvalue weighted by molar-refractivity contribution is 7.47. The van der Waals surface area contributed by atoms with Gasteiger partial charge in [-0.2, -0.15) is 0 Å². The van der Waals surface area contributed by atoms with Crippen molar-refractivity contribution in [2.45, 2.75) is 419 Å². The van der Waals surface area contributed by atoms with E-state index >= 15 is 0 Å². The molecule has 0 heterocycles. The molecule has 0 aliphatic carbocycles. The van der Waals surface area contributed by atoms with E-state index in [4.69, 9.17) is 37.0 Å². The molecule has 5 atom stereocenters. The highest BCUT2D eigenvalue weighted by Crippen LogP contribution is 2.45. The van der Waals surface area contributed by atoms with E-state index in [0.29, 0.717) is 25.7 Å². The quantitative estimate of drug-likeness (QED) is 0.0222. The first kappa shape index (κ1) is 93.1. The van der Waals surface area contributed by atoms with Crippen LogP contribution in [0.25, 0.3) is 0 Å². The number of hydrogen-bond acceptors (Lipinski definition) is 15. The van der Waals surface area contributed by atoms with Crippen LogP contribution in [0.4, 0.5) is 0 Å². The number of phosphoric ester groups is 2. The Morgan fingerprint density at radius 2 is 0.484 bits per heavy atom. The van der Waals surface area contributed by atoms with Gasteiger partial charge in [-0.15, -0.1) is 0 Å². The molecular weight excluding hydrogens is 1250 g/mol. The zero-order chi connectivity index (χ0) is 69.8. The third kappa shape index (κ3) is 70.3. The molecule has 0 radical (unpaired) electrons. The van der Waals surface area contributed by atoms with Crippen molar-refractivity contribution in [3.8, 4) is 0 Å². The molecule has 0 aromatic carbocycles. The monoisotopic (exact) mass is 1400 g/mol. The Kier molecular flexibility index (Phi) is 67.7. The van der Waals surface area contributed by atoms with Gasteiger partial charge in [-0.25, -0.2) is 9.13 Å². The van der Waals surface area contributed by atoms with E-state index in [0.717, 1.165) is 95.8 Å². The minimum absolute atomic E-state index is 0.108. The number of hydrogen-bond donors (Lipinski definition) is 3. The Bertz CT molecular complexity index is 1820. The minimum atomic E-state index is -4.96. The van der Waals surface area contributed by atoms with Crippen molar-refractivity contribution in [1.82, 2.24) is 0 Å². The number of phosphoric acid groups is 2. The number of carbonyl (C=O) groups is 4. The molecule has 0 amide bonds. The maximum atomic E-state index is 13.1. The Morgan fingerprint density at radius 3 is 0.716 bits per heavy atom. The molecule has 2 unspecified atom stereocenters. The summed E-state index contributed by atoms with van der Waals surface area (Å²) in [5.41, 5.74) is 0. The first-order chi connectivity index (χ1) is 46.0. The zero-order valence-corrected chi connectivity index (χ0v) is 63.6. The fourth-order valence-electron chi connectivity index (χ4n) is 11.7. The van der Waals surface area contributed by atoms with Crippen molar-refractivity contribution in [2.75, 3.05) is 39.6 Å². The molecule has 17 nitrogen and oxygen atoms in total. The van der Waals surface area contributed by atoms with Crippen molar-refractivity contribution >= 4 is 39.5 Å². The Hall–Kier alpha value is -1.94. The lowest BCUT2D eigenvalue weighted by atomic mass is 10.0. The summed E-state index contributed by atoms with van der Waals surface area (Å²) in [6.45, 7) is 7.32. The van der Waals surface area contributed by atoms with E-state index < -0.39 is 97.5 Å². The fraction of sp³-hybridized carbons (Fsp3) is 0.947. The van der Waals surface area contributed by atoms with Crippen LogP contribution < -0.4 is 0 Å². The number of unbranched alkanes of at least 4 members (excludes halogenated alkanes) is 48. The van der Waals surface area contributed by atoms with E-state index in [1.165, 1.54) is 225 Å². The SMILES string of the molecule is CCCCCCCCCCCCCCCC(=O)OC[C@H](COP(=O)(O)OC[C@H](O)COP(=O)(O)OC[C@@H](COC(=O)CCCCCCCCCCCCCCC)OC(=O)CCCCCCCCCCCCCCCC(C)C)OC(=O)CCCCCCCCCCCCCCC. The molecule has 0 bridgehead atoms. The number of carbonyl (C=O) groups excluding carboxylic acids is 4. The predicted molar refractivity (Wildman–Crippen MR) is 386 cm³/mol. The summed E-state index contributed by atoms with van der Waals surface area (Å²) in [6, 6.07) is 0. The molecule has 0 spiro atoms. The van der Waals surface area contributed by atoms with Crippen molar-refractivity contribution < 1.29 is 80.2 Å². The lowest BCUT2D eigenvalue weighted by Crippen LogP contribution is -2.30. The molecule has 0 fully saturated rings. The second-order valence-corrected chi connectivity index (χ2v) is 30.8. The van der Waals surface area contributed by atoms with Crippen LogP contribution in [0.15, 0.2) is 0 Å². The van der Waals surface area contributed by atoms with Crippen molar-refractivity contribution in [3.63, 3.8) is 0 Å². The van der Waals surface area contributed by atoms with Crippen molar-refractivity contribution in [3.05, 3.63) is 0 Å². The minimum Gasteiger partial charge on any atom is -0.462 e. The van der Waals surface area contributed by atoms with E-state index in [-0.39, 0.29) is 25.7 Å². The van der Waals surface area contributed by atoms with Crippen LogP contribution in [0.3, 0.4) is 0 Å². The van der Waals surface area contributed by atoms with E-state index in [1.807, 2.05) is 0 Å². The van der Waals surface area contributed by atoms with Gasteiger partial charge >= 0.3 is 39.5 Å². The highest BCUT2D eigenvalue weighted by Gasteiger charge is 2.30. The van der Waals surface area contributed by atoms with Gasteiger partial charge in [-0.1, -0.05) is 349 Å². The maximum Gasteiger partial charge on any atom is 0.472 e. The zero-order valence-electron chi connectivity index (χ0n) is 61.8. The van der Waals surface area contributed by atoms with E-state index in [1.54, 1.807) is 0 Å². The molecule has 0 aromatic rings. The first-order valence-electron chi connectivity index (χ1n) is 39.6. The standard InChI is InChI=1S/C76H148O17P2/c1-6-9-12-15-18-21-24-28-34-39-44-49-54-59-73(78)86-65-71(92-75(80)61-56-51-46-41-36-30-26-23-20-17-14-11-8-3)67-90-94(82,83)88-63-70(77)64-89-95(84,85)91-68-72(66-87-74(79)60-55-50-45-40-35-29-25-22-19-16-13-10-7-2)93-76(81)62-57-52-47-42-37-32-27-31-33-38-43-48-53-58-69(4)5/h69-72,77H,6-68H2,1-5H3,(H,82,83)(H,84,85)/t70-,71+,72+/m0/s1. The summed E-state index contributed by atoms with van der Waals surface area (Å²) >= 11 is 0. The van der Waals surface area contributed by atoms with Crippen LogP contribution in [0, 0.1) is 5.92 Å². The van der Waals surface area contributed by atoms with Gasteiger partial charge < -0.3 is 33.8 Å². The van der Waals surface area contributed by atoms with Crippen molar-refractivity contribution in [2.24, 2.45) is 5.92 Å². The van der Waals surface area contributed by atoms with Crippen molar-refractivity contribution in [1.29, 1.82) is 0 Å². The molecule has 0 aliphatic heterocycles. The van der Waals surface area contributed by atoms with E-state index in [9.17, 15) is 43.2 Å². The molecule has 564 valence electrons. The van der Waals surface area contributed by atoms with Gasteiger partial charge in [0.05, 0.1) is 26.4 Å². The van der Waals surface area contributed by atoms with E-state index in [2.05, 4.69) is 34.6 Å². The highest BCUT2D eigenvalue weighted by atomic mass is 31.2. The second-order valence-electron chi connectivity index (χ2n) is 27.9. The van der Waals surface area contributed by atoms with Gasteiger partial charge in [0.25, 0.3) is 0 Å². The van der Waals surface area contributed by atoms with Gasteiger partial charge in [0, 0.05) is 25.7 Å². The van der Waals surface area contributed by atoms with Crippen LogP contribution in [-0.2, 0) is 65.4 Å². The number of ether oxygens (including phenoxy) is 4. The Balaban J connectivity index is 5.26. The summed E-state index contributed by atoms with van der Waals surface area (Å²) in [4.78, 5) is 72.9. The topological polar surface area (TPSA) is 237 Å². The number of aliphatic hydroxyl groups excluding tert-OH is 1. The lowest BCUT2D eigenvalue weighted by Gasteiger charge is -2.21. The molecule has 95 heavy (non-hydrogen) atoms. The molecule has 0 saturated carbocycles. The Labute approximate surface area is 581 Å². The maximum absolute atomic E-state index is 13.1. The molecule has 3 N–H and O–H groups in total. The van der Waals surface area contributed by atoms with Gasteiger partial charge in [0.1, 0.15) is 19.3 Å². The lowest BCUT2D eigenvalue weighted by molar-refractivity contribution is -0.161. The second kappa shape index (κ2) is 69.2. The molecule has 0 aliphatic rings. The number of aliphatic hydroxyl groups is 1. The number of rotatable bonds is 76. The van der Waals surface area contributed by atoms with Gasteiger partial charge in [-0.05, 0) is 31.6 Å². The van der Waals surface area contributed by atoms with Crippen LogP contribution in [0.2, 0.25) is 0 Å². The van der Waals surface area contributed by atoms with Gasteiger partial charge in [0.15, 0.2) is 12.2 Å². The summed E-state index contributed by atoms with van der Waals surface area (Å²) in [5.74, 6) is -1.32. The van der Waals surface area contributed by atoms with Crippen LogP contribution in [0.5, 0.6) is 0 Å². The number of esters is 4. The average molecular weight is 1400 g/mol. The summed E-state index contributed by atoms with van der Waals surface area (Å²) in [7, 11) is -9.91. The third-order valence-corrected chi connectivity index (χ3v) is 19.7. The molecule has 0 saturated heterocycles. The predicted octanol–water partition coefficient (Wildman–Crippen LogP) is 22.5. The third-order valence-electron chi connectivity index (χ3n) is 17.8. The summed E-state index contributed by atoms with van der Waals surface area (Å²) in [5, 5.41) is 10.6. The molecule has 0 rings (SSSR count). The first-order valence-corrected chi connectivity index (χ1v) is 42.6. The van der Waals surface area contributed by atoms with Crippen LogP contribution >= 0.6 is 15.6 Å². The van der Waals surface area contributed by atoms with Gasteiger partial charge in [-0.3, -0.25) is 37.3 Å². The van der Waals surface area contributed by atoms with Gasteiger partial charge in [0.2, 0.25) is 0 Å². The smallest absolute Gasteiger partial charge is 0.462 e. The molecule has 0 aromatic heterocycles. The molecule has 19 heteroatoms. The summed E-state index contributed by atoms with van der Waals surface area (Å²) in [6.07, 6.45) is 58.0. The summed E-state index contributed by atoms with van der Waals surface area (Å²) < 4.78 is 68.6. The average Bonchev–Trinajstić information content (AvgIpc) is 3.37. The molecular formula is C76H148O17P2. The Morgan fingerprint density at radius 1 is 0.284 bits per heavy atom.